The van der Waals surface area contributed by atoms with Gasteiger partial charge in [-0.15, -0.1) is 0 Å². The van der Waals surface area contributed by atoms with Crippen LogP contribution in [0.5, 0.6) is 0 Å². The van der Waals surface area contributed by atoms with Gasteiger partial charge in [0, 0.05) is 18.8 Å². The van der Waals surface area contributed by atoms with Crippen LogP contribution in [0.25, 0.3) is 0 Å². The summed E-state index contributed by atoms with van der Waals surface area (Å²) in [5.74, 6) is -0.891. The summed E-state index contributed by atoms with van der Waals surface area (Å²) in [6.45, 7) is 5.05. The van der Waals surface area contributed by atoms with Crippen molar-refractivity contribution in [3.63, 3.8) is 0 Å². The summed E-state index contributed by atoms with van der Waals surface area (Å²) < 4.78 is 26.5. The molecule has 1 fully saturated rings. The van der Waals surface area contributed by atoms with Gasteiger partial charge in [-0.05, 0) is 38.8 Å². The van der Waals surface area contributed by atoms with Crippen molar-refractivity contribution in [2.24, 2.45) is 0 Å². The molecule has 0 saturated carbocycles. The number of sulfonamides is 1. The fourth-order valence-electron chi connectivity index (χ4n) is 2.46. The van der Waals surface area contributed by atoms with Gasteiger partial charge in [-0.25, -0.2) is 13.1 Å². The van der Waals surface area contributed by atoms with Crippen molar-refractivity contribution < 1.29 is 13.2 Å². The average Bonchev–Trinajstić information content (AvgIpc) is 3.02. The number of nitriles is 1. The maximum atomic E-state index is 12.2. The van der Waals surface area contributed by atoms with E-state index in [0.717, 1.165) is 31.5 Å². The number of amides is 1. The highest BCUT2D eigenvalue weighted by molar-refractivity contribution is 7.90. The van der Waals surface area contributed by atoms with E-state index in [9.17, 15) is 18.5 Å². The second-order valence-electron chi connectivity index (χ2n) is 5.51. The highest BCUT2D eigenvalue weighted by atomic mass is 32.2. The molecule has 0 atom stereocenters. The molecule has 0 bridgehead atoms. The number of nitrogens with zero attached hydrogens (tertiary/aromatic N) is 2. The Morgan fingerprint density at radius 1 is 1.22 bits per heavy atom. The van der Waals surface area contributed by atoms with E-state index in [-0.39, 0.29) is 10.5 Å². The fourth-order valence-corrected chi connectivity index (χ4v) is 3.41. The number of allylic oxidation sites excluding steroid dienone is 1. The van der Waals surface area contributed by atoms with Crippen LogP contribution in [0, 0.1) is 18.3 Å². The Balaban J connectivity index is 2.24. The predicted octanol–water partition coefficient (Wildman–Crippen LogP) is 1.69. The summed E-state index contributed by atoms with van der Waals surface area (Å²) in [5, 5.41) is 9.24. The van der Waals surface area contributed by atoms with Gasteiger partial charge in [0.15, 0.2) is 0 Å². The van der Waals surface area contributed by atoms with E-state index < -0.39 is 15.9 Å². The van der Waals surface area contributed by atoms with Gasteiger partial charge in [-0.3, -0.25) is 4.79 Å². The lowest BCUT2D eigenvalue weighted by Crippen LogP contribution is -2.33. The number of benzene rings is 1. The van der Waals surface area contributed by atoms with Gasteiger partial charge in [0.1, 0.15) is 11.6 Å². The van der Waals surface area contributed by atoms with Gasteiger partial charge >= 0.3 is 0 Å². The molecule has 1 aliphatic heterocycles. The molecular formula is C16H19N3O3S. The molecule has 0 radical (unpaired) electrons. The van der Waals surface area contributed by atoms with E-state index in [2.05, 4.69) is 0 Å². The number of hydrogen-bond acceptors (Lipinski definition) is 5. The van der Waals surface area contributed by atoms with Crippen molar-refractivity contribution in [2.45, 2.75) is 31.6 Å². The summed E-state index contributed by atoms with van der Waals surface area (Å²) in [7, 11) is -3.99. The first kappa shape index (κ1) is 17.0. The van der Waals surface area contributed by atoms with Crippen LogP contribution in [0.15, 0.2) is 40.4 Å². The molecule has 1 aliphatic rings. The van der Waals surface area contributed by atoms with Gasteiger partial charge in [-0.2, -0.15) is 5.26 Å². The van der Waals surface area contributed by atoms with Gasteiger partial charge in [0.05, 0.1) is 4.90 Å². The zero-order chi connectivity index (χ0) is 17.0. The first-order chi connectivity index (χ1) is 10.8. The van der Waals surface area contributed by atoms with E-state index in [1.165, 1.54) is 12.1 Å². The lowest BCUT2D eigenvalue weighted by atomic mass is 10.2. The molecule has 1 N–H and O–H groups in total. The Morgan fingerprint density at radius 3 is 2.30 bits per heavy atom. The van der Waals surface area contributed by atoms with Crippen LogP contribution in [0.3, 0.4) is 0 Å². The highest BCUT2D eigenvalue weighted by Gasteiger charge is 2.24. The number of nitrogens with one attached hydrogen (secondary N) is 1. The summed E-state index contributed by atoms with van der Waals surface area (Å²) in [6, 6.07) is 7.97. The third-order valence-electron chi connectivity index (χ3n) is 3.84. The van der Waals surface area contributed by atoms with Gasteiger partial charge in [0.2, 0.25) is 0 Å². The van der Waals surface area contributed by atoms with Crippen LogP contribution in [0.1, 0.15) is 25.3 Å². The van der Waals surface area contributed by atoms with Crippen LogP contribution >= 0.6 is 0 Å². The zero-order valence-corrected chi connectivity index (χ0v) is 14.0. The third-order valence-corrected chi connectivity index (χ3v) is 5.19. The van der Waals surface area contributed by atoms with Crippen LogP contribution in [0.4, 0.5) is 0 Å². The smallest absolute Gasteiger partial charge is 0.277 e. The Morgan fingerprint density at radius 2 is 1.78 bits per heavy atom. The molecule has 1 amide bonds. The van der Waals surface area contributed by atoms with E-state index in [1.807, 2.05) is 22.6 Å². The van der Waals surface area contributed by atoms with Gasteiger partial charge in [0.25, 0.3) is 15.9 Å². The molecule has 0 aliphatic carbocycles. The first-order valence-electron chi connectivity index (χ1n) is 7.35. The molecule has 0 aromatic heterocycles. The van der Waals surface area contributed by atoms with Gasteiger partial charge in [-0.1, -0.05) is 17.7 Å². The number of carbonyl (C=O) groups is 1. The van der Waals surface area contributed by atoms with E-state index in [1.54, 1.807) is 19.1 Å². The standard InChI is InChI=1S/C16H19N3O3S/c1-12-5-7-14(8-6-12)23(21,22)18-16(20)15(11-17)13(2)19-9-3-4-10-19/h5-8H,3-4,9-10H2,1-2H3,(H,18,20). The third kappa shape index (κ3) is 3.90. The zero-order valence-electron chi connectivity index (χ0n) is 13.2. The second kappa shape index (κ2) is 6.84. The van der Waals surface area contributed by atoms with Crippen molar-refractivity contribution in [1.82, 2.24) is 9.62 Å². The minimum Gasteiger partial charge on any atom is -0.374 e. The Labute approximate surface area is 136 Å². The van der Waals surface area contributed by atoms with Crippen LogP contribution in [-0.2, 0) is 14.8 Å². The normalized spacial score (nSPS) is 15.8. The number of carbonyl (C=O) groups excluding carboxylic acids is 1. The minimum atomic E-state index is -3.99. The molecule has 0 unspecified atom stereocenters. The summed E-state index contributed by atoms with van der Waals surface area (Å²) in [5.41, 5.74) is 1.27. The van der Waals surface area contributed by atoms with Gasteiger partial charge < -0.3 is 4.90 Å². The predicted molar refractivity (Wildman–Crippen MR) is 85.6 cm³/mol. The number of aryl methyl sites for hydroxylation is 1. The van der Waals surface area contributed by atoms with Crippen molar-refractivity contribution in [1.29, 1.82) is 5.26 Å². The monoisotopic (exact) mass is 333 g/mol. The topological polar surface area (TPSA) is 90.3 Å². The van der Waals surface area contributed by atoms with Crippen molar-refractivity contribution in [2.75, 3.05) is 13.1 Å². The van der Waals surface area contributed by atoms with Crippen LogP contribution in [-0.4, -0.2) is 32.3 Å². The molecule has 1 heterocycles. The molecule has 1 saturated heterocycles. The molecule has 2 rings (SSSR count). The molecule has 7 heteroatoms. The lowest BCUT2D eigenvalue weighted by Gasteiger charge is -2.19. The molecule has 6 nitrogen and oxygen atoms in total. The highest BCUT2D eigenvalue weighted by Crippen LogP contribution is 2.18. The molecule has 1 aromatic rings. The average molecular weight is 333 g/mol. The molecule has 122 valence electrons. The van der Waals surface area contributed by atoms with E-state index in [4.69, 9.17) is 0 Å². The molecule has 23 heavy (non-hydrogen) atoms. The number of likely N-dealkylation sites (tertiary alicyclic amines) is 1. The largest absolute Gasteiger partial charge is 0.374 e. The number of rotatable bonds is 4. The molecule has 0 spiro atoms. The van der Waals surface area contributed by atoms with E-state index in [0.29, 0.717) is 5.70 Å². The van der Waals surface area contributed by atoms with Crippen LogP contribution < -0.4 is 4.72 Å². The Hall–Kier alpha value is -2.33. The van der Waals surface area contributed by atoms with E-state index >= 15 is 0 Å². The molecular weight excluding hydrogens is 314 g/mol. The SMILES string of the molecule is CC(=C(C#N)C(=O)NS(=O)(=O)c1ccc(C)cc1)N1CCCC1. The quantitative estimate of drug-likeness (QED) is 0.669. The lowest BCUT2D eigenvalue weighted by molar-refractivity contribution is -0.115. The Bertz CT molecular complexity index is 768. The summed E-state index contributed by atoms with van der Waals surface area (Å²) >= 11 is 0. The van der Waals surface area contributed by atoms with Crippen LogP contribution in [0.2, 0.25) is 0 Å². The number of hydrogen-bond donors (Lipinski definition) is 1. The fraction of sp³-hybridized carbons (Fsp3) is 0.375. The van der Waals surface area contributed by atoms with Crippen molar-refractivity contribution >= 4 is 15.9 Å². The second-order valence-corrected chi connectivity index (χ2v) is 7.20. The minimum absolute atomic E-state index is 0.00688. The molecule has 1 aromatic carbocycles. The van der Waals surface area contributed by atoms with Crippen molar-refractivity contribution in [3.05, 3.63) is 41.1 Å². The first-order valence-corrected chi connectivity index (χ1v) is 8.83. The maximum absolute atomic E-state index is 12.2. The maximum Gasteiger partial charge on any atom is 0.277 e. The van der Waals surface area contributed by atoms with Crippen molar-refractivity contribution in [3.8, 4) is 6.07 Å². The summed E-state index contributed by atoms with van der Waals surface area (Å²) in [4.78, 5) is 14.2. The summed E-state index contributed by atoms with van der Waals surface area (Å²) in [6.07, 6.45) is 2.00. The Kier molecular flexibility index (Phi) is 5.06.